The van der Waals surface area contributed by atoms with E-state index in [0.29, 0.717) is 0 Å². The Morgan fingerprint density at radius 2 is 1.36 bits per heavy atom. The first-order valence-corrected chi connectivity index (χ1v) is 12.0. The van der Waals surface area contributed by atoms with E-state index in [-0.39, 0.29) is 0 Å². The van der Waals surface area contributed by atoms with Crippen molar-refractivity contribution in [1.29, 1.82) is 0 Å². The highest BCUT2D eigenvalue weighted by molar-refractivity contribution is 6.70. The summed E-state index contributed by atoms with van der Waals surface area (Å²) in [6.07, 6.45) is 14.7. The van der Waals surface area contributed by atoms with Gasteiger partial charge in [0.1, 0.15) is 0 Å². The topological polar surface area (TPSA) is 18.5 Å². The van der Waals surface area contributed by atoms with Crippen molar-refractivity contribution in [3.8, 4) is 0 Å². The zero-order valence-electron chi connectivity index (χ0n) is 15.2. The third-order valence-corrected chi connectivity index (χ3v) is 10.4. The number of hydrogen-bond acceptors (Lipinski definition) is 2. The highest BCUT2D eigenvalue weighted by atomic mass is 28.4. The van der Waals surface area contributed by atoms with Crippen LogP contribution in [0.25, 0.3) is 0 Å². The quantitative estimate of drug-likeness (QED) is 0.495. The second-order valence-electron chi connectivity index (χ2n) is 7.72. The molecule has 2 saturated carbocycles. The van der Waals surface area contributed by atoms with Crippen LogP contribution in [-0.2, 0) is 8.85 Å². The third-order valence-electron chi connectivity index (χ3n) is 5.74. The van der Waals surface area contributed by atoms with Crippen molar-refractivity contribution in [2.24, 2.45) is 5.92 Å². The van der Waals surface area contributed by atoms with E-state index in [1.165, 1.54) is 57.8 Å². The maximum atomic E-state index is 6.72. The van der Waals surface area contributed by atoms with Gasteiger partial charge in [-0.2, -0.15) is 0 Å². The van der Waals surface area contributed by atoms with Gasteiger partial charge in [-0.15, -0.1) is 0 Å². The van der Waals surface area contributed by atoms with Gasteiger partial charge in [-0.25, -0.2) is 0 Å². The predicted octanol–water partition coefficient (Wildman–Crippen LogP) is 6.20. The van der Waals surface area contributed by atoms with Gasteiger partial charge in [-0.1, -0.05) is 52.9 Å². The molecule has 0 saturated heterocycles. The van der Waals surface area contributed by atoms with Crippen LogP contribution >= 0.6 is 0 Å². The van der Waals surface area contributed by atoms with Crippen molar-refractivity contribution < 1.29 is 8.85 Å². The Balaban J connectivity index is 2.20. The molecule has 2 fully saturated rings. The van der Waals surface area contributed by atoms with Crippen LogP contribution in [0.5, 0.6) is 0 Å². The van der Waals surface area contributed by atoms with Gasteiger partial charge in [0.15, 0.2) is 0 Å². The Bertz CT molecular complexity index is 294. The molecule has 0 aromatic heterocycles. The molecule has 130 valence electrons. The van der Waals surface area contributed by atoms with Crippen molar-refractivity contribution in [1.82, 2.24) is 0 Å². The second kappa shape index (κ2) is 9.44. The molecular weight excluding hydrogens is 288 g/mol. The smallest absolute Gasteiger partial charge is 0.344 e. The lowest BCUT2D eigenvalue weighted by Gasteiger charge is -2.46. The van der Waals surface area contributed by atoms with E-state index in [4.69, 9.17) is 8.85 Å². The maximum Gasteiger partial charge on any atom is 0.344 e. The molecule has 3 heteroatoms. The van der Waals surface area contributed by atoms with E-state index >= 15 is 0 Å². The maximum absolute atomic E-state index is 6.72. The first kappa shape index (κ1) is 18.5. The lowest BCUT2D eigenvalue weighted by atomic mass is 9.90. The minimum absolute atomic E-state index is 0.748. The second-order valence-corrected chi connectivity index (χ2v) is 11.4. The highest BCUT2D eigenvalue weighted by Crippen LogP contribution is 2.50. The average molecular weight is 327 g/mol. The molecule has 2 aliphatic rings. The molecule has 22 heavy (non-hydrogen) atoms. The van der Waals surface area contributed by atoms with E-state index in [2.05, 4.69) is 20.8 Å². The zero-order valence-corrected chi connectivity index (χ0v) is 16.2. The summed E-state index contributed by atoms with van der Waals surface area (Å²) in [5.74, 6) is 0.865. The van der Waals surface area contributed by atoms with Crippen molar-refractivity contribution in [2.75, 3.05) is 13.2 Å². The van der Waals surface area contributed by atoms with Crippen molar-refractivity contribution in [2.45, 2.75) is 102 Å². The first-order chi connectivity index (χ1) is 10.7. The molecule has 2 nitrogen and oxygen atoms in total. The monoisotopic (exact) mass is 326 g/mol. The van der Waals surface area contributed by atoms with Gasteiger partial charge in [0.25, 0.3) is 0 Å². The van der Waals surface area contributed by atoms with Crippen molar-refractivity contribution in [3.63, 3.8) is 0 Å². The van der Waals surface area contributed by atoms with Gasteiger partial charge in [0.2, 0.25) is 0 Å². The van der Waals surface area contributed by atoms with Crippen LogP contribution in [0, 0.1) is 5.92 Å². The molecule has 0 N–H and O–H groups in total. The SMILES string of the molecule is CCCO[Si](OCCC)(C1CCCCC1)C1CCCC(C)C1. The summed E-state index contributed by atoms with van der Waals surface area (Å²) in [6, 6.07) is 0. The summed E-state index contributed by atoms with van der Waals surface area (Å²) in [5, 5.41) is 0. The van der Waals surface area contributed by atoms with Gasteiger partial charge in [0.05, 0.1) is 0 Å². The Kier molecular flexibility index (Phi) is 7.92. The van der Waals surface area contributed by atoms with Crippen LogP contribution in [0.1, 0.15) is 91.4 Å². The van der Waals surface area contributed by atoms with E-state index in [1.54, 1.807) is 0 Å². The van der Waals surface area contributed by atoms with E-state index in [9.17, 15) is 0 Å². The Morgan fingerprint density at radius 3 is 1.91 bits per heavy atom. The molecule has 2 atom stereocenters. The van der Waals surface area contributed by atoms with Crippen LogP contribution in [-0.4, -0.2) is 21.8 Å². The van der Waals surface area contributed by atoms with Crippen LogP contribution in [0.3, 0.4) is 0 Å². The summed E-state index contributed by atoms with van der Waals surface area (Å²) in [7, 11) is -2.08. The van der Waals surface area contributed by atoms with Crippen molar-refractivity contribution in [3.05, 3.63) is 0 Å². The lowest BCUT2D eigenvalue weighted by molar-refractivity contribution is 0.130. The van der Waals surface area contributed by atoms with Crippen molar-refractivity contribution >= 4 is 8.56 Å². The predicted molar refractivity (Wildman–Crippen MR) is 96.5 cm³/mol. The summed E-state index contributed by atoms with van der Waals surface area (Å²) >= 11 is 0. The fourth-order valence-corrected chi connectivity index (χ4v) is 9.96. The standard InChI is InChI=1S/C19H38O2Si/c1-4-14-20-22(21-15-5-2,18-11-7-6-8-12-18)19-13-9-10-17(3)16-19/h17-19H,4-16H2,1-3H3. The number of rotatable bonds is 8. The van der Waals surface area contributed by atoms with E-state index in [0.717, 1.165) is 43.1 Å². The molecular formula is C19H38O2Si. The zero-order chi connectivity index (χ0) is 15.8. The van der Waals surface area contributed by atoms with Crippen LogP contribution < -0.4 is 0 Å². The molecule has 0 spiro atoms. The fourth-order valence-electron chi connectivity index (χ4n) is 4.67. The summed E-state index contributed by atoms with van der Waals surface area (Å²) in [5.41, 5.74) is 1.51. The molecule has 0 bridgehead atoms. The van der Waals surface area contributed by atoms with E-state index in [1.807, 2.05) is 0 Å². The van der Waals surface area contributed by atoms with Crippen LogP contribution in [0.4, 0.5) is 0 Å². The average Bonchev–Trinajstić information content (AvgIpc) is 2.56. The molecule has 0 radical (unpaired) electrons. The lowest BCUT2D eigenvalue weighted by Crippen LogP contribution is -2.53. The van der Waals surface area contributed by atoms with Crippen LogP contribution in [0.2, 0.25) is 11.1 Å². The molecule has 0 aliphatic heterocycles. The summed E-state index contributed by atoms with van der Waals surface area (Å²) < 4.78 is 13.4. The minimum atomic E-state index is -2.08. The molecule has 0 aromatic rings. The summed E-state index contributed by atoms with van der Waals surface area (Å²) in [6.45, 7) is 8.74. The van der Waals surface area contributed by atoms with Gasteiger partial charge in [-0.3, -0.25) is 0 Å². The Morgan fingerprint density at radius 1 is 0.773 bits per heavy atom. The van der Waals surface area contributed by atoms with E-state index < -0.39 is 8.56 Å². The van der Waals surface area contributed by atoms with Gasteiger partial charge >= 0.3 is 8.56 Å². The number of hydrogen-bond donors (Lipinski definition) is 0. The van der Waals surface area contributed by atoms with Crippen LogP contribution in [0.15, 0.2) is 0 Å². The normalized spacial score (nSPS) is 28.0. The first-order valence-electron chi connectivity index (χ1n) is 10.0. The van der Waals surface area contributed by atoms with Gasteiger partial charge in [0, 0.05) is 24.3 Å². The Labute approximate surface area is 139 Å². The molecule has 2 aliphatic carbocycles. The Hall–Kier alpha value is 0.137. The molecule has 2 rings (SSSR count). The van der Waals surface area contributed by atoms with Gasteiger partial charge in [-0.05, 0) is 44.4 Å². The molecule has 0 heterocycles. The fraction of sp³-hybridized carbons (Fsp3) is 1.00. The molecule has 0 amide bonds. The molecule has 2 unspecified atom stereocenters. The minimum Gasteiger partial charge on any atom is -0.394 e. The van der Waals surface area contributed by atoms with Gasteiger partial charge < -0.3 is 8.85 Å². The summed E-state index contributed by atoms with van der Waals surface area (Å²) in [4.78, 5) is 0. The highest BCUT2D eigenvalue weighted by Gasteiger charge is 2.52. The molecule has 0 aromatic carbocycles. The third kappa shape index (κ3) is 4.58. The largest absolute Gasteiger partial charge is 0.394 e.